The first-order valence-corrected chi connectivity index (χ1v) is 6.85. The number of hydrogen-bond acceptors (Lipinski definition) is 2. The number of nitrogens with zero attached hydrogens (tertiary/aromatic N) is 1. The number of anilines is 1. The molecule has 0 saturated heterocycles. The lowest BCUT2D eigenvalue weighted by atomic mass is 10.0. The smallest absolute Gasteiger partial charge is 0.0762 e. The molecule has 0 aliphatic carbocycles. The molecule has 3 rings (SSSR count). The minimum absolute atomic E-state index is 1.01. The van der Waals surface area contributed by atoms with Gasteiger partial charge in [-0.2, -0.15) is 0 Å². The predicted molar refractivity (Wildman–Crippen MR) is 86.2 cm³/mol. The van der Waals surface area contributed by atoms with Crippen molar-refractivity contribution in [1.29, 1.82) is 0 Å². The molecule has 0 saturated carbocycles. The van der Waals surface area contributed by atoms with Crippen molar-refractivity contribution in [1.82, 2.24) is 4.98 Å². The Morgan fingerprint density at radius 1 is 0.950 bits per heavy atom. The fourth-order valence-electron chi connectivity index (χ4n) is 2.49. The molecule has 0 atom stereocenters. The van der Waals surface area contributed by atoms with Crippen LogP contribution >= 0.6 is 0 Å². The number of pyridine rings is 1. The number of aryl methyl sites for hydroxylation is 2. The first kappa shape index (κ1) is 12.7. The third-order valence-electron chi connectivity index (χ3n) is 3.84. The van der Waals surface area contributed by atoms with E-state index in [4.69, 9.17) is 4.98 Å². The van der Waals surface area contributed by atoms with Gasteiger partial charge in [0.05, 0.1) is 11.2 Å². The van der Waals surface area contributed by atoms with Crippen molar-refractivity contribution in [2.24, 2.45) is 0 Å². The molecule has 0 fully saturated rings. The highest BCUT2D eigenvalue weighted by Crippen LogP contribution is 2.30. The van der Waals surface area contributed by atoms with E-state index < -0.39 is 0 Å². The highest BCUT2D eigenvalue weighted by atomic mass is 14.8. The van der Waals surface area contributed by atoms with Gasteiger partial charge in [-0.15, -0.1) is 0 Å². The first-order chi connectivity index (χ1) is 9.70. The van der Waals surface area contributed by atoms with Crippen LogP contribution in [0.15, 0.2) is 48.5 Å². The second kappa shape index (κ2) is 4.97. The van der Waals surface area contributed by atoms with Crippen molar-refractivity contribution in [2.45, 2.75) is 13.8 Å². The van der Waals surface area contributed by atoms with Gasteiger partial charge in [-0.05, 0) is 31.0 Å². The molecule has 0 spiro atoms. The van der Waals surface area contributed by atoms with Crippen molar-refractivity contribution in [3.63, 3.8) is 0 Å². The van der Waals surface area contributed by atoms with Gasteiger partial charge < -0.3 is 5.32 Å². The van der Waals surface area contributed by atoms with Gasteiger partial charge in [-0.25, -0.2) is 4.98 Å². The number of hydrogen-bond donors (Lipinski definition) is 1. The van der Waals surface area contributed by atoms with Crippen molar-refractivity contribution >= 4 is 16.6 Å². The summed E-state index contributed by atoms with van der Waals surface area (Å²) in [6.07, 6.45) is 0. The third-order valence-corrected chi connectivity index (χ3v) is 3.84. The summed E-state index contributed by atoms with van der Waals surface area (Å²) < 4.78 is 0. The molecule has 0 unspecified atom stereocenters. The molecule has 3 aromatic rings. The van der Waals surface area contributed by atoms with Crippen LogP contribution in [0.1, 0.15) is 11.1 Å². The molecule has 0 radical (unpaired) electrons. The Morgan fingerprint density at radius 2 is 1.70 bits per heavy atom. The molecule has 2 nitrogen and oxygen atoms in total. The van der Waals surface area contributed by atoms with E-state index in [9.17, 15) is 0 Å². The number of rotatable bonds is 2. The van der Waals surface area contributed by atoms with Gasteiger partial charge in [0.2, 0.25) is 0 Å². The Labute approximate surface area is 119 Å². The average molecular weight is 262 g/mol. The summed E-state index contributed by atoms with van der Waals surface area (Å²) in [6.45, 7) is 4.27. The zero-order chi connectivity index (χ0) is 14.1. The lowest BCUT2D eigenvalue weighted by Crippen LogP contribution is -1.96. The monoisotopic (exact) mass is 262 g/mol. The van der Waals surface area contributed by atoms with Crippen LogP contribution in [0.25, 0.3) is 22.2 Å². The van der Waals surface area contributed by atoms with Crippen LogP contribution in [-0.4, -0.2) is 12.0 Å². The van der Waals surface area contributed by atoms with Crippen LogP contribution < -0.4 is 5.32 Å². The molecule has 0 amide bonds. The molecule has 0 aliphatic heterocycles. The second-order valence-electron chi connectivity index (χ2n) is 5.07. The summed E-state index contributed by atoms with van der Waals surface area (Å²) >= 11 is 0. The van der Waals surface area contributed by atoms with E-state index in [-0.39, 0.29) is 0 Å². The van der Waals surface area contributed by atoms with E-state index in [0.717, 1.165) is 22.5 Å². The van der Waals surface area contributed by atoms with E-state index in [0.29, 0.717) is 0 Å². The summed E-state index contributed by atoms with van der Waals surface area (Å²) in [7, 11) is 1.96. The van der Waals surface area contributed by atoms with Crippen LogP contribution in [0, 0.1) is 13.8 Å². The zero-order valence-corrected chi connectivity index (χ0v) is 12.1. The molecular weight excluding hydrogens is 244 g/mol. The Kier molecular flexibility index (Phi) is 3.15. The maximum Gasteiger partial charge on any atom is 0.0762 e. The van der Waals surface area contributed by atoms with Gasteiger partial charge in [-0.1, -0.05) is 42.5 Å². The molecule has 0 aliphatic rings. The molecular formula is C18H18N2. The fourth-order valence-corrected chi connectivity index (χ4v) is 2.49. The normalized spacial score (nSPS) is 10.8. The van der Waals surface area contributed by atoms with Crippen molar-refractivity contribution in [2.75, 3.05) is 12.4 Å². The first-order valence-electron chi connectivity index (χ1n) is 6.85. The number of aromatic nitrogens is 1. The van der Waals surface area contributed by atoms with Gasteiger partial charge in [0.15, 0.2) is 0 Å². The van der Waals surface area contributed by atoms with E-state index in [1.54, 1.807) is 0 Å². The van der Waals surface area contributed by atoms with Crippen LogP contribution in [0.4, 0.5) is 5.69 Å². The fraction of sp³-hybridized carbons (Fsp3) is 0.167. The van der Waals surface area contributed by atoms with E-state index in [1.165, 1.54) is 16.5 Å². The molecule has 1 aromatic heterocycles. The van der Waals surface area contributed by atoms with Gasteiger partial charge in [0, 0.05) is 23.7 Å². The quantitative estimate of drug-likeness (QED) is 0.732. The topological polar surface area (TPSA) is 24.9 Å². The largest absolute Gasteiger partial charge is 0.388 e. The van der Waals surface area contributed by atoms with Gasteiger partial charge >= 0.3 is 0 Å². The average Bonchev–Trinajstić information content (AvgIpc) is 2.51. The molecule has 0 bridgehead atoms. The summed E-state index contributed by atoms with van der Waals surface area (Å²) in [6, 6.07) is 16.7. The van der Waals surface area contributed by atoms with Crippen LogP contribution in [0.2, 0.25) is 0 Å². The third kappa shape index (κ3) is 2.03. The standard InChI is InChI=1S/C18H18N2/c1-12-9-10-15-17(19-3)11-16(20-18(15)13(12)2)14-7-5-4-6-8-14/h4-11H,1-3H3,(H,19,20). The highest BCUT2D eigenvalue weighted by Gasteiger charge is 2.09. The summed E-state index contributed by atoms with van der Waals surface area (Å²) in [5.74, 6) is 0. The minimum Gasteiger partial charge on any atom is -0.388 e. The van der Waals surface area contributed by atoms with E-state index >= 15 is 0 Å². The van der Waals surface area contributed by atoms with Crippen molar-refractivity contribution in [3.05, 3.63) is 59.7 Å². The molecule has 1 N–H and O–H groups in total. The lowest BCUT2D eigenvalue weighted by Gasteiger charge is -2.12. The highest BCUT2D eigenvalue weighted by molar-refractivity contribution is 5.96. The number of fused-ring (bicyclic) bond motifs is 1. The van der Waals surface area contributed by atoms with Crippen LogP contribution in [0.5, 0.6) is 0 Å². The minimum atomic E-state index is 1.01. The van der Waals surface area contributed by atoms with Crippen LogP contribution in [0.3, 0.4) is 0 Å². The summed E-state index contributed by atoms with van der Waals surface area (Å²) in [4.78, 5) is 4.87. The maximum absolute atomic E-state index is 4.87. The predicted octanol–water partition coefficient (Wildman–Crippen LogP) is 4.56. The Morgan fingerprint density at radius 3 is 2.40 bits per heavy atom. The number of benzene rings is 2. The second-order valence-corrected chi connectivity index (χ2v) is 5.07. The Bertz CT molecular complexity index is 761. The van der Waals surface area contributed by atoms with Gasteiger partial charge in [-0.3, -0.25) is 0 Å². The SMILES string of the molecule is CNc1cc(-c2ccccc2)nc2c(C)c(C)ccc12. The molecule has 1 heterocycles. The summed E-state index contributed by atoms with van der Waals surface area (Å²) in [5.41, 5.74) is 6.88. The molecule has 2 aromatic carbocycles. The molecule has 20 heavy (non-hydrogen) atoms. The maximum atomic E-state index is 4.87. The van der Waals surface area contributed by atoms with Crippen molar-refractivity contribution in [3.8, 4) is 11.3 Å². The number of nitrogens with one attached hydrogen (secondary N) is 1. The van der Waals surface area contributed by atoms with Gasteiger partial charge in [0.1, 0.15) is 0 Å². The summed E-state index contributed by atoms with van der Waals surface area (Å²) in [5, 5.41) is 4.46. The van der Waals surface area contributed by atoms with Crippen LogP contribution in [-0.2, 0) is 0 Å². The van der Waals surface area contributed by atoms with E-state index in [2.05, 4.69) is 49.5 Å². The Hall–Kier alpha value is -2.35. The van der Waals surface area contributed by atoms with Crippen molar-refractivity contribution < 1.29 is 0 Å². The van der Waals surface area contributed by atoms with Gasteiger partial charge in [0.25, 0.3) is 0 Å². The molecule has 100 valence electrons. The zero-order valence-electron chi connectivity index (χ0n) is 12.1. The lowest BCUT2D eigenvalue weighted by molar-refractivity contribution is 1.31. The van der Waals surface area contributed by atoms with E-state index in [1.807, 2.05) is 25.2 Å². The Balaban J connectivity index is 2.33. The molecule has 2 heteroatoms.